The van der Waals surface area contributed by atoms with Crippen LogP contribution in [0.1, 0.15) is 6.92 Å². The number of rotatable bonds is 8. The highest BCUT2D eigenvalue weighted by molar-refractivity contribution is 5.88. The summed E-state index contributed by atoms with van der Waals surface area (Å²) in [5.41, 5.74) is -0.140. The van der Waals surface area contributed by atoms with Crippen molar-refractivity contribution in [3.05, 3.63) is 46.6 Å². The summed E-state index contributed by atoms with van der Waals surface area (Å²) in [5, 5.41) is 71.7. The molecule has 0 saturated carbocycles. The van der Waals surface area contributed by atoms with Gasteiger partial charge in [0.25, 0.3) is 0 Å². The zero-order chi connectivity index (χ0) is 31.9. The van der Waals surface area contributed by atoms with Crippen LogP contribution in [0.3, 0.4) is 0 Å². The minimum Gasteiger partial charge on any atom is -0.507 e. The molecule has 0 unspecified atom stereocenters. The molecule has 2 saturated heterocycles. The third kappa shape index (κ3) is 5.93. The summed E-state index contributed by atoms with van der Waals surface area (Å²) < 4.78 is 38.6. The van der Waals surface area contributed by atoms with E-state index in [0.717, 1.165) is 0 Å². The van der Waals surface area contributed by atoms with E-state index in [1.807, 2.05) is 0 Å². The maximum atomic E-state index is 13.1. The fourth-order valence-electron chi connectivity index (χ4n) is 5.06. The molecule has 2 aliphatic rings. The number of ether oxygens (including phenoxy) is 6. The van der Waals surface area contributed by atoms with Crippen molar-refractivity contribution in [3.8, 4) is 34.3 Å². The summed E-state index contributed by atoms with van der Waals surface area (Å²) in [5.74, 6) is 0.0131. The summed E-state index contributed by atoms with van der Waals surface area (Å²) in [6, 6.07) is 8.74. The highest BCUT2D eigenvalue weighted by atomic mass is 16.7. The largest absolute Gasteiger partial charge is 0.507 e. The molecule has 240 valence electrons. The van der Waals surface area contributed by atoms with Crippen molar-refractivity contribution in [2.45, 2.75) is 68.3 Å². The molecule has 2 aliphatic heterocycles. The van der Waals surface area contributed by atoms with Crippen molar-refractivity contribution >= 4 is 11.0 Å². The fraction of sp³-hybridized carbons (Fsp3) is 0.483. The fourth-order valence-corrected chi connectivity index (χ4v) is 5.06. The van der Waals surface area contributed by atoms with Gasteiger partial charge in [-0.1, -0.05) is 0 Å². The van der Waals surface area contributed by atoms with Gasteiger partial charge in [0.2, 0.25) is 17.5 Å². The SMILES string of the molecule is COc1cc(O)c2c(=O)c(OC)c(-c3ccc(O[C@@H]4O[C@H](CO[C@@H]5O[C@@H](C)[C@H](O)[C@@H](O)[C@H]5O)[C@@H](O)[C@H](O)[C@H]4O)cc3)oc2c1. The highest BCUT2D eigenvalue weighted by Gasteiger charge is 2.47. The van der Waals surface area contributed by atoms with Crippen molar-refractivity contribution in [1.29, 1.82) is 0 Å². The van der Waals surface area contributed by atoms with Crippen molar-refractivity contribution in [2.75, 3.05) is 20.8 Å². The Morgan fingerprint density at radius 2 is 1.43 bits per heavy atom. The predicted molar refractivity (Wildman–Crippen MR) is 148 cm³/mol. The number of hydrogen-bond acceptors (Lipinski definition) is 15. The highest BCUT2D eigenvalue weighted by Crippen LogP contribution is 2.36. The van der Waals surface area contributed by atoms with Crippen molar-refractivity contribution in [3.63, 3.8) is 0 Å². The third-order valence-electron chi connectivity index (χ3n) is 7.62. The van der Waals surface area contributed by atoms with Crippen molar-refractivity contribution in [2.24, 2.45) is 0 Å². The number of phenolic OH excluding ortho intramolecular Hbond substituents is 1. The van der Waals surface area contributed by atoms with Gasteiger partial charge in [-0.3, -0.25) is 4.79 Å². The van der Waals surface area contributed by atoms with Gasteiger partial charge in [0.15, 0.2) is 12.1 Å². The molecule has 3 aromatic rings. The second-order valence-corrected chi connectivity index (χ2v) is 10.5. The number of methoxy groups -OCH3 is 2. The number of hydrogen-bond donors (Lipinski definition) is 7. The number of benzene rings is 2. The number of aliphatic hydroxyl groups excluding tert-OH is 6. The van der Waals surface area contributed by atoms with E-state index in [1.54, 1.807) is 0 Å². The topological polar surface area (TPSA) is 227 Å². The third-order valence-corrected chi connectivity index (χ3v) is 7.62. The lowest BCUT2D eigenvalue weighted by Crippen LogP contribution is -2.61. The van der Waals surface area contributed by atoms with Gasteiger partial charge >= 0.3 is 0 Å². The van der Waals surface area contributed by atoms with Crippen LogP contribution in [-0.4, -0.2) is 118 Å². The second kappa shape index (κ2) is 12.8. The Morgan fingerprint density at radius 1 is 0.773 bits per heavy atom. The van der Waals surface area contributed by atoms with Crippen LogP contribution in [0.2, 0.25) is 0 Å². The smallest absolute Gasteiger partial charge is 0.239 e. The first kappa shape index (κ1) is 31.9. The van der Waals surface area contributed by atoms with Gasteiger partial charge in [-0.05, 0) is 31.2 Å². The van der Waals surface area contributed by atoms with Crippen LogP contribution in [0.4, 0.5) is 0 Å². The molecule has 15 heteroatoms. The van der Waals surface area contributed by atoms with E-state index in [2.05, 4.69) is 0 Å². The molecule has 2 aromatic carbocycles. The summed E-state index contributed by atoms with van der Waals surface area (Å²) in [4.78, 5) is 13.1. The Kier molecular flexibility index (Phi) is 9.31. The lowest BCUT2D eigenvalue weighted by Gasteiger charge is -2.42. The average Bonchev–Trinajstić information content (AvgIpc) is 3.01. The summed E-state index contributed by atoms with van der Waals surface area (Å²) >= 11 is 0. The number of phenols is 1. The molecule has 7 N–H and O–H groups in total. The normalized spacial score (nSPS) is 32.4. The Hall–Kier alpha value is -3.51. The van der Waals surface area contributed by atoms with Gasteiger partial charge < -0.3 is 68.6 Å². The van der Waals surface area contributed by atoms with E-state index in [0.29, 0.717) is 5.56 Å². The van der Waals surface area contributed by atoms with E-state index in [4.69, 9.17) is 32.8 Å². The second-order valence-electron chi connectivity index (χ2n) is 10.5. The van der Waals surface area contributed by atoms with Crippen LogP contribution >= 0.6 is 0 Å². The van der Waals surface area contributed by atoms with E-state index >= 15 is 0 Å². The zero-order valence-corrected chi connectivity index (χ0v) is 23.8. The molecular weight excluding hydrogens is 588 g/mol. The molecule has 15 nitrogen and oxygen atoms in total. The Morgan fingerprint density at radius 3 is 2.09 bits per heavy atom. The Bertz CT molecular complexity index is 1510. The Labute approximate surface area is 249 Å². The van der Waals surface area contributed by atoms with Gasteiger partial charge in [-0.2, -0.15) is 0 Å². The van der Waals surface area contributed by atoms with Crippen molar-refractivity contribution < 1.29 is 68.6 Å². The van der Waals surface area contributed by atoms with Gasteiger partial charge in [-0.25, -0.2) is 0 Å². The zero-order valence-electron chi connectivity index (χ0n) is 23.8. The van der Waals surface area contributed by atoms with E-state index in [-0.39, 0.29) is 39.7 Å². The molecule has 0 aliphatic carbocycles. The molecule has 44 heavy (non-hydrogen) atoms. The first-order chi connectivity index (χ1) is 20.9. The maximum Gasteiger partial charge on any atom is 0.239 e. The lowest BCUT2D eigenvalue weighted by atomic mass is 9.98. The van der Waals surface area contributed by atoms with Gasteiger partial charge in [0.1, 0.15) is 70.9 Å². The first-order valence-electron chi connectivity index (χ1n) is 13.6. The summed E-state index contributed by atoms with van der Waals surface area (Å²) in [7, 11) is 2.69. The van der Waals surface area contributed by atoms with Crippen LogP contribution in [0, 0.1) is 0 Å². The monoisotopic (exact) mass is 622 g/mol. The number of aliphatic hydroxyl groups is 6. The van der Waals surface area contributed by atoms with E-state index < -0.39 is 73.4 Å². The van der Waals surface area contributed by atoms with Gasteiger partial charge in [0, 0.05) is 17.7 Å². The first-order valence-corrected chi connectivity index (χ1v) is 13.6. The van der Waals surface area contributed by atoms with Crippen LogP contribution in [0.15, 0.2) is 45.6 Å². The van der Waals surface area contributed by atoms with Crippen LogP contribution < -0.4 is 19.6 Å². The molecule has 0 amide bonds. The molecule has 1 aromatic heterocycles. The van der Waals surface area contributed by atoms with Gasteiger partial charge in [-0.15, -0.1) is 0 Å². The molecule has 5 rings (SSSR count). The summed E-state index contributed by atoms with van der Waals surface area (Å²) in [6.07, 6.45) is -14.4. The Balaban J connectivity index is 1.32. The average molecular weight is 623 g/mol. The van der Waals surface area contributed by atoms with Crippen LogP contribution in [-0.2, 0) is 14.2 Å². The van der Waals surface area contributed by atoms with Gasteiger partial charge in [0.05, 0.1) is 26.9 Å². The standard InChI is InChI=1S/C29H34O15/c1-11-19(31)22(34)24(36)28(41-11)40-10-17-20(32)23(35)25(37)29(44-17)42-13-6-4-12(5-7-13)26-27(39-3)21(33)18-15(30)8-14(38-2)9-16(18)43-26/h4-9,11,17,19-20,22-25,28-32,34-37H,10H2,1-3H3/t11-,17+,19-,20+,22+,23-,24+,25+,28+,29+/m0/s1. The minimum atomic E-state index is -1.70. The number of fused-ring (bicyclic) bond motifs is 1. The molecule has 3 heterocycles. The molecule has 0 spiro atoms. The quantitative estimate of drug-likeness (QED) is 0.163. The summed E-state index contributed by atoms with van der Waals surface area (Å²) in [6.45, 7) is 1.03. The molecule has 2 fully saturated rings. The maximum absolute atomic E-state index is 13.1. The lowest BCUT2D eigenvalue weighted by molar-refractivity contribution is -0.318. The predicted octanol–water partition coefficient (Wildman–Crippen LogP) is -0.787. The van der Waals surface area contributed by atoms with Crippen molar-refractivity contribution in [1.82, 2.24) is 0 Å². The van der Waals surface area contributed by atoms with E-state index in [9.17, 15) is 40.5 Å². The van der Waals surface area contributed by atoms with Crippen LogP contribution in [0.25, 0.3) is 22.3 Å². The molecule has 0 bridgehead atoms. The molecular formula is C29H34O15. The molecule has 0 radical (unpaired) electrons. The van der Waals surface area contributed by atoms with Crippen LogP contribution in [0.5, 0.6) is 23.0 Å². The van der Waals surface area contributed by atoms with E-state index in [1.165, 1.54) is 57.5 Å². The minimum absolute atomic E-state index is 0.0630. The number of aromatic hydroxyl groups is 1. The molecule has 10 atom stereocenters.